The van der Waals surface area contributed by atoms with Gasteiger partial charge in [-0.2, -0.15) is 0 Å². The van der Waals surface area contributed by atoms with Crippen molar-refractivity contribution >= 4 is 28.8 Å². The Kier molecular flexibility index (Phi) is 7.06. The van der Waals surface area contributed by atoms with Gasteiger partial charge < -0.3 is 14.4 Å². The minimum atomic E-state index is -0.318. The maximum Gasteiger partial charge on any atom is 0.265 e. The molecule has 0 radical (unpaired) electrons. The summed E-state index contributed by atoms with van der Waals surface area (Å²) in [5, 5.41) is 1.36. The second-order valence-electron chi connectivity index (χ2n) is 6.29. The van der Waals surface area contributed by atoms with E-state index in [-0.39, 0.29) is 18.3 Å². The molecule has 0 saturated heterocycles. The van der Waals surface area contributed by atoms with Gasteiger partial charge in [-0.1, -0.05) is 11.6 Å². The maximum atomic E-state index is 12.9. The molecule has 5 nitrogen and oxygen atoms in total. The quantitative estimate of drug-likeness (QED) is 0.502. The molecule has 152 valence electrons. The summed E-state index contributed by atoms with van der Waals surface area (Å²) in [6, 6.07) is 12.8. The normalized spacial score (nSPS) is 10.6. The Morgan fingerprint density at radius 3 is 2.41 bits per heavy atom. The van der Waals surface area contributed by atoms with Crippen LogP contribution in [-0.2, 0) is 6.61 Å². The van der Waals surface area contributed by atoms with Crippen LogP contribution in [0.4, 0.5) is 4.39 Å². The zero-order valence-electron chi connectivity index (χ0n) is 16.0. The van der Waals surface area contributed by atoms with Crippen LogP contribution in [0.15, 0.2) is 48.5 Å². The molecule has 1 aromatic heterocycles. The Balaban J connectivity index is 1.52. The number of rotatable bonds is 8. The first-order valence-electron chi connectivity index (χ1n) is 8.91. The summed E-state index contributed by atoms with van der Waals surface area (Å²) in [5.41, 5.74) is 0.668. The zero-order valence-corrected chi connectivity index (χ0v) is 17.6. The van der Waals surface area contributed by atoms with Crippen molar-refractivity contribution < 1.29 is 18.7 Å². The van der Waals surface area contributed by atoms with E-state index in [0.717, 1.165) is 5.01 Å². The molecular weight excluding hydrogens is 415 g/mol. The second kappa shape index (κ2) is 9.71. The van der Waals surface area contributed by atoms with Crippen LogP contribution >= 0.6 is 22.9 Å². The molecule has 0 bridgehead atoms. The lowest BCUT2D eigenvalue weighted by Gasteiger charge is -2.17. The van der Waals surface area contributed by atoms with E-state index < -0.39 is 0 Å². The molecule has 0 aliphatic rings. The molecule has 1 heterocycles. The molecule has 8 heteroatoms. The average Bonchev–Trinajstić information content (AvgIpc) is 3.09. The number of amides is 1. The van der Waals surface area contributed by atoms with Gasteiger partial charge >= 0.3 is 0 Å². The van der Waals surface area contributed by atoms with Crippen LogP contribution in [0.25, 0.3) is 0 Å². The van der Waals surface area contributed by atoms with Crippen molar-refractivity contribution in [2.24, 2.45) is 0 Å². The average molecular weight is 435 g/mol. The number of nitrogens with zero attached hydrogens (tertiary/aromatic N) is 2. The van der Waals surface area contributed by atoms with Crippen molar-refractivity contribution in [2.45, 2.75) is 13.5 Å². The second-order valence-corrected chi connectivity index (χ2v) is 7.81. The van der Waals surface area contributed by atoms with E-state index >= 15 is 0 Å². The van der Waals surface area contributed by atoms with Crippen molar-refractivity contribution in [3.63, 3.8) is 0 Å². The van der Waals surface area contributed by atoms with E-state index in [0.29, 0.717) is 40.2 Å². The van der Waals surface area contributed by atoms with E-state index in [4.69, 9.17) is 21.1 Å². The van der Waals surface area contributed by atoms with Gasteiger partial charge in [0.25, 0.3) is 5.91 Å². The third-order valence-electron chi connectivity index (χ3n) is 4.07. The summed E-state index contributed by atoms with van der Waals surface area (Å²) < 4.78 is 24.2. The Bertz CT molecular complexity index is 961. The number of carbonyl (C=O) groups is 1. The van der Waals surface area contributed by atoms with Crippen LogP contribution in [0.2, 0.25) is 5.02 Å². The highest BCUT2D eigenvalue weighted by molar-refractivity contribution is 7.13. The smallest absolute Gasteiger partial charge is 0.265 e. The van der Waals surface area contributed by atoms with Crippen LogP contribution in [0.1, 0.15) is 20.4 Å². The summed E-state index contributed by atoms with van der Waals surface area (Å²) in [6.45, 7) is 2.78. The van der Waals surface area contributed by atoms with Gasteiger partial charge in [0.2, 0.25) is 0 Å². The molecule has 2 aromatic carbocycles. The monoisotopic (exact) mass is 434 g/mol. The Labute approximate surface area is 177 Å². The minimum Gasteiger partial charge on any atom is -0.492 e. The molecule has 3 aromatic rings. The van der Waals surface area contributed by atoms with Gasteiger partial charge in [0.1, 0.15) is 40.4 Å². The van der Waals surface area contributed by atoms with Crippen LogP contribution in [0, 0.1) is 12.7 Å². The first-order chi connectivity index (χ1) is 13.9. The van der Waals surface area contributed by atoms with Crippen LogP contribution < -0.4 is 9.47 Å². The number of likely N-dealkylation sites (N-methyl/N-ethyl adjacent to an activating group) is 1. The van der Waals surface area contributed by atoms with Gasteiger partial charge in [0.15, 0.2) is 0 Å². The lowest BCUT2D eigenvalue weighted by atomic mass is 10.3. The van der Waals surface area contributed by atoms with Crippen molar-refractivity contribution in [1.29, 1.82) is 0 Å². The first-order valence-corrected chi connectivity index (χ1v) is 10.1. The molecule has 29 heavy (non-hydrogen) atoms. The van der Waals surface area contributed by atoms with Crippen molar-refractivity contribution in [3.05, 3.63) is 74.9 Å². The fraction of sp³-hybridized carbons (Fsp3) is 0.238. The largest absolute Gasteiger partial charge is 0.492 e. The lowest BCUT2D eigenvalue weighted by Crippen LogP contribution is -2.30. The number of hydrogen-bond donors (Lipinski definition) is 0. The third-order valence-corrected chi connectivity index (χ3v) is 5.44. The van der Waals surface area contributed by atoms with Crippen LogP contribution in [0.3, 0.4) is 0 Å². The van der Waals surface area contributed by atoms with E-state index in [2.05, 4.69) is 4.98 Å². The van der Waals surface area contributed by atoms with E-state index in [1.54, 1.807) is 55.3 Å². The molecule has 3 rings (SSSR count). The number of thiazole rings is 1. The van der Waals surface area contributed by atoms with Gasteiger partial charge in [-0.15, -0.1) is 11.3 Å². The number of benzene rings is 2. The Morgan fingerprint density at radius 2 is 1.72 bits per heavy atom. The third kappa shape index (κ3) is 5.92. The zero-order chi connectivity index (χ0) is 20.8. The SMILES string of the molecule is Cc1nc(COc2ccc(Cl)cc2)sc1C(=O)N(C)CCOc1ccc(F)cc1. The fourth-order valence-electron chi connectivity index (χ4n) is 2.49. The van der Waals surface area contributed by atoms with Gasteiger partial charge in [0, 0.05) is 12.1 Å². The van der Waals surface area contributed by atoms with Crippen molar-refractivity contribution in [3.8, 4) is 11.5 Å². The summed E-state index contributed by atoms with van der Waals surface area (Å²) in [4.78, 5) is 19.3. The standard InChI is InChI=1S/C21H20ClFN2O3S/c1-14-20(29-19(24-14)13-28-18-7-3-15(22)4-8-18)21(26)25(2)11-12-27-17-9-5-16(23)6-10-17/h3-10H,11-13H2,1-2H3. The topological polar surface area (TPSA) is 51.7 Å². The number of carbonyl (C=O) groups excluding carboxylic acids is 1. The number of aromatic nitrogens is 1. The molecular formula is C21H20ClFN2O3S. The van der Waals surface area contributed by atoms with Gasteiger partial charge in [0.05, 0.1) is 12.2 Å². The Hall–Kier alpha value is -2.64. The highest BCUT2D eigenvalue weighted by Crippen LogP contribution is 2.22. The molecule has 0 unspecified atom stereocenters. The summed E-state index contributed by atoms with van der Waals surface area (Å²) in [5.74, 6) is 0.801. The number of ether oxygens (including phenoxy) is 2. The lowest BCUT2D eigenvalue weighted by molar-refractivity contribution is 0.0777. The van der Waals surface area contributed by atoms with Gasteiger partial charge in [-0.3, -0.25) is 4.79 Å². The summed E-state index contributed by atoms with van der Waals surface area (Å²) >= 11 is 7.18. The number of halogens is 2. The maximum absolute atomic E-state index is 12.9. The Morgan fingerprint density at radius 1 is 1.10 bits per heavy atom. The number of aryl methyl sites for hydroxylation is 1. The van der Waals surface area contributed by atoms with Crippen LogP contribution in [0.5, 0.6) is 11.5 Å². The molecule has 0 atom stereocenters. The molecule has 0 aliphatic heterocycles. The predicted octanol–water partition coefficient (Wildman–Crippen LogP) is 4.97. The molecule has 0 spiro atoms. The molecule has 0 N–H and O–H groups in total. The molecule has 0 fully saturated rings. The van der Waals surface area contributed by atoms with Gasteiger partial charge in [-0.05, 0) is 55.5 Å². The van der Waals surface area contributed by atoms with E-state index in [9.17, 15) is 9.18 Å². The highest BCUT2D eigenvalue weighted by Gasteiger charge is 2.19. The molecule has 1 amide bonds. The number of hydrogen-bond acceptors (Lipinski definition) is 5. The molecule has 0 aliphatic carbocycles. The predicted molar refractivity (Wildman–Crippen MR) is 111 cm³/mol. The van der Waals surface area contributed by atoms with E-state index in [1.165, 1.54) is 23.5 Å². The first kappa shape index (κ1) is 21.1. The summed E-state index contributed by atoms with van der Waals surface area (Å²) in [7, 11) is 1.71. The fourth-order valence-corrected chi connectivity index (χ4v) is 3.59. The molecule has 0 saturated carbocycles. The summed E-state index contributed by atoms with van der Waals surface area (Å²) in [6.07, 6.45) is 0. The van der Waals surface area contributed by atoms with Crippen molar-refractivity contribution in [1.82, 2.24) is 9.88 Å². The van der Waals surface area contributed by atoms with Gasteiger partial charge in [-0.25, -0.2) is 9.37 Å². The van der Waals surface area contributed by atoms with E-state index in [1.807, 2.05) is 0 Å². The minimum absolute atomic E-state index is 0.125. The van der Waals surface area contributed by atoms with Crippen molar-refractivity contribution in [2.75, 3.05) is 20.2 Å². The highest BCUT2D eigenvalue weighted by atomic mass is 35.5. The van der Waals surface area contributed by atoms with Crippen LogP contribution in [-0.4, -0.2) is 36.0 Å².